The van der Waals surface area contributed by atoms with E-state index < -0.39 is 0 Å². The third-order valence-corrected chi connectivity index (χ3v) is 3.73. The Morgan fingerprint density at radius 2 is 2.00 bits per heavy atom. The second-order valence-corrected chi connectivity index (χ2v) is 5.31. The van der Waals surface area contributed by atoms with Crippen LogP contribution in [0.3, 0.4) is 0 Å². The summed E-state index contributed by atoms with van der Waals surface area (Å²) in [5.41, 5.74) is 0. The van der Waals surface area contributed by atoms with E-state index in [4.69, 9.17) is 0 Å². The Labute approximate surface area is 97.2 Å². The van der Waals surface area contributed by atoms with Gasteiger partial charge in [-0.2, -0.15) is 5.10 Å². The SMILES string of the molecule is CNC(c1ncn[nH]1)C1CC(C)CC(C)C1. The standard InChI is InChI=1S/C12H22N4/c1-8-4-9(2)6-10(5-8)11(13-3)12-14-7-15-16-12/h7-11,13H,4-6H2,1-3H3,(H,14,15,16). The van der Waals surface area contributed by atoms with E-state index in [9.17, 15) is 0 Å². The van der Waals surface area contributed by atoms with Crippen LogP contribution in [0.4, 0.5) is 0 Å². The molecular weight excluding hydrogens is 200 g/mol. The van der Waals surface area contributed by atoms with Gasteiger partial charge in [-0.25, -0.2) is 4.98 Å². The molecule has 4 nitrogen and oxygen atoms in total. The van der Waals surface area contributed by atoms with Crippen molar-refractivity contribution < 1.29 is 0 Å². The zero-order chi connectivity index (χ0) is 11.5. The maximum atomic E-state index is 4.28. The molecule has 0 aromatic carbocycles. The number of aromatic amines is 1. The molecule has 3 atom stereocenters. The van der Waals surface area contributed by atoms with Crippen LogP contribution in [-0.2, 0) is 0 Å². The first-order valence-corrected chi connectivity index (χ1v) is 6.23. The molecule has 0 amide bonds. The van der Waals surface area contributed by atoms with Crippen LogP contribution in [0.5, 0.6) is 0 Å². The highest BCUT2D eigenvalue weighted by molar-refractivity contribution is 4.96. The highest BCUT2D eigenvalue weighted by atomic mass is 15.2. The van der Waals surface area contributed by atoms with Gasteiger partial charge in [0.05, 0.1) is 6.04 Å². The van der Waals surface area contributed by atoms with Crippen LogP contribution in [0.2, 0.25) is 0 Å². The first-order valence-electron chi connectivity index (χ1n) is 6.23. The van der Waals surface area contributed by atoms with Gasteiger partial charge in [0.25, 0.3) is 0 Å². The third-order valence-electron chi connectivity index (χ3n) is 3.73. The number of nitrogens with one attached hydrogen (secondary N) is 2. The van der Waals surface area contributed by atoms with Crippen LogP contribution >= 0.6 is 0 Å². The lowest BCUT2D eigenvalue weighted by atomic mass is 9.73. The van der Waals surface area contributed by atoms with Crippen molar-refractivity contribution in [2.75, 3.05) is 7.05 Å². The van der Waals surface area contributed by atoms with Gasteiger partial charge in [-0.1, -0.05) is 13.8 Å². The number of nitrogens with zero attached hydrogens (tertiary/aromatic N) is 2. The lowest BCUT2D eigenvalue weighted by molar-refractivity contribution is 0.177. The van der Waals surface area contributed by atoms with E-state index in [-0.39, 0.29) is 0 Å². The van der Waals surface area contributed by atoms with E-state index in [1.54, 1.807) is 6.33 Å². The molecule has 2 rings (SSSR count). The first-order chi connectivity index (χ1) is 7.70. The highest BCUT2D eigenvalue weighted by Crippen LogP contribution is 2.38. The van der Waals surface area contributed by atoms with Crippen molar-refractivity contribution in [3.05, 3.63) is 12.2 Å². The van der Waals surface area contributed by atoms with Crippen LogP contribution in [0.1, 0.15) is 45.0 Å². The average Bonchev–Trinajstić information content (AvgIpc) is 2.70. The van der Waals surface area contributed by atoms with Gasteiger partial charge in [-0.3, -0.25) is 5.10 Å². The Morgan fingerprint density at radius 1 is 1.31 bits per heavy atom. The Bertz CT molecular complexity index is 299. The summed E-state index contributed by atoms with van der Waals surface area (Å²) < 4.78 is 0. The number of hydrogen-bond donors (Lipinski definition) is 2. The number of aromatic nitrogens is 3. The molecule has 0 radical (unpaired) electrons. The van der Waals surface area contributed by atoms with Gasteiger partial charge in [0, 0.05) is 0 Å². The van der Waals surface area contributed by atoms with Crippen molar-refractivity contribution in [2.24, 2.45) is 17.8 Å². The molecule has 0 saturated heterocycles. The van der Waals surface area contributed by atoms with Gasteiger partial charge < -0.3 is 5.32 Å². The van der Waals surface area contributed by atoms with Crippen molar-refractivity contribution in [3.8, 4) is 0 Å². The van der Waals surface area contributed by atoms with Crippen molar-refractivity contribution in [1.82, 2.24) is 20.5 Å². The fraction of sp³-hybridized carbons (Fsp3) is 0.833. The minimum atomic E-state index is 0.327. The van der Waals surface area contributed by atoms with Crippen molar-refractivity contribution in [3.63, 3.8) is 0 Å². The summed E-state index contributed by atoms with van der Waals surface area (Å²) in [5, 5.41) is 10.3. The molecule has 1 fully saturated rings. The van der Waals surface area contributed by atoms with Gasteiger partial charge in [0.2, 0.25) is 0 Å². The highest BCUT2D eigenvalue weighted by Gasteiger charge is 2.31. The topological polar surface area (TPSA) is 53.6 Å². The Morgan fingerprint density at radius 3 is 2.50 bits per heavy atom. The van der Waals surface area contributed by atoms with Gasteiger partial charge in [0.15, 0.2) is 0 Å². The second-order valence-electron chi connectivity index (χ2n) is 5.31. The Hall–Kier alpha value is -0.900. The molecule has 3 unspecified atom stereocenters. The van der Waals surface area contributed by atoms with Crippen LogP contribution in [0.15, 0.2) is 6.33 Å². The Balaban J connectivity index is 2.09. The monoisotopic (exact) mass is 222 g/mol. The quantitative estimate of drug-likeness (QED) is 0.824. The van der Waals surface area contributed by atoms with Crippen molar-refractivity contribution >= 4 is 0 Å². The predicted octanol–water partition coefficient (Wildman–Crippen LogP) is 2.14. The molecule has 0 aliphatic heterocycles. The first kappa shape index (κ1) is 11.6. The van der Waals surface area contributed by atoms with Crippen LogP contribution < -0.4 is 5.32 Å². The molecule has 1 aromatic rings. The fourth-order valence-corrected chi connectivity index (χ4v) is 3.24. The summed E-state index contributed by atoms with van der Waals surface area (Å²) in [6, 6.07) is 0.327. The van der Waals surface area contributed by atoms with Crippen molar-refractivity contribution in [1.29, 1.82) is 0 Å². The van der Waals surface area contributed by atoms with E-state index in [1.807, 2.05) is 7.05 Å². The molecule has 1 aliphatic rings. The zero-order valence-corrected chi connectivity index (χ0v) is 10.4. The molecular formula is C12H22N4. The summed E-state index contributed by atoms with van der Waals surface area (Å²) in [6.45, 7) is 4.71. The largest absolute Gasteiger partial charge is 0.310 e. The molecule has 0 spiro atoms. The number of H-pyrrole nitrogens is 1. The molecule has 16 heavy (non-hydrogen) atoms. The third kappa shape index (κ3) is 2.43. The van der Waals surface area contributed by atoms with Gasteiger partial charge in [0.1, 0.15) is 12.2 Å². The van der Waals surface area contributed by atoms with Gasteiger partial charge >= 0.3 is 0 Å². The average molecular weight is 222 g/mol. The van der Waals surface area contributed by atoms with Crippen LogP contribution in [0, 0.1) is 17.8 Å². The minimum absolute atomic E-state index is 0.327. The summed E-state index contributed by atoms with van der Waals surface area (Å²) in [6.07, 6.45) is 5.53. The smallest absolute Gasteiger partial charge is 0.141 e. The molecule has 0 bridgehead atoms. The summed E-state index contributed by atoms with van der Waals surface area (Å²) in [4.78, 5) is 4.28. The molecule has 90 valence electrons. The van der Waals surface area contributed by atoms with E-state index in [0.29, 0.717) is 12.0 Å². The molecule has 1 aromatic heterocycles. The van der Waals surface area contributed by atoms with E-state index in [2.05, 4.69) is 34.3 Å². The fourth-order valence-electron chi connectivity index (χ4n) is 3.24. The van der Waals surface area contributed by atoms with Crippen LogP contribution in [0.25, 0.3) is 0 Å². The van der Waals surface area contributed by atoms with E-state index in [1.165, 1.54) is 19.3 Å². The maximum Gasteiger partial charge on any atom is 0.141 e. The number of rotatable bonds is 3. The molecule has 1 aliphatic carbocycles. The molecule has 1 saturated carbocycles. The number of hydrogen-bond acceptors (Lipinski definition) is 3. The summed E-state index contributed by atoms with van der Waals surface area (Å²) >= 11 is 0. The molecule has 4 heteroatoms. The van der Waals surface area contributed by atoms with Crippen LogP contribution in [-0.4, -0.2) is 22.2 Å². The minimum Gasteiger partial charge on any atom is -0.310 e. The molecule has 2 N–H and O–H groups in total. The van der Waals surface area contributed by atoms with E-state index in [0.717, 1.165) is 17.7 Å². The maximum absolute atomic E-state index is 4.28. The lowest BCUT2D eigenvalue weighted by Crippen LogP contribution is -2.32. The second kappa shape index (κ2) is 4.95. The summed E-state index contributed by atoms with van der Waals surface area (Å²) in [5.74, 6) is 3.31. The predicted molar refractivity (Wildman–Crippen MR) is 63.9 cm³/mol. The van der Waals surface area contributed by atoms with Gasteiger partial charge in [-0.05, 0) is 44.1 Å². The van der Waals surface area contributed by atoms with E-state index >= 15 is 0 Å². The Kier molecular flexibility index (Phi) is 3.59. The molecule has 1 heterocycles. The van der Waals surface area contributed by atoms with Crippen molar-refractivity contribution in [2.45, 2.75) is 39.2 Å². The lowest BCUT2D eigenvalue weighted by Gasteiger charge is -2.35. The zero-order valence-electron chi connectivity index (χ0n) is 10.4. The normalized spacial score (nSPS) is 32.6. The summed E-state index contributed by atoms with van der Waals surface area (Å²) in [7, 11) is 2.01. The van der Waals surface area contributed by atoms with Gasteiger partial charge in [-0.15, -0.1) is 0 Å².